The monoisotopic (exact) mass is 203 g/mol. The van der Waals surface area contributed by atoms with Crippen molar-refractivity contribution >= 4 is 5.82 Å². The molecule has 1 aromatic heterocycles. The first kappa shape index (κ1) is 9.16. The number of fused-ring (bicyclic) bond motifs is 1. The van der Waals surface area contributed by atoms with E-state index in [9.17, 15) is 0 Å². The second-order valence-corrected chi connectivity index (χ2v) is 4.79. The molecule has 3 heteroatoms. The Morgan fingerprint density at radius 3 is 3.07 bits per heavy atom. The number of hydrogen-bond donors (Lipinski definition) is 2. The molecule has 0 aliphatic carbocycles. The van der Waals surface area contributed by atoms with Gasteiger partial charge in [0.1, 0.15) is 5.82 Å². The fourth-order valence-electron chi connectivity index (χ4n) is 2.65. The first-order chi connectivity index (χ1) is 7.27. The summed E-state index contributed by atoms with van der Waals surface area (Å²) in [5, 5.41) is 7.08. The minimum Gasteiger partial charge on any atom is -0.363 e. The molecule has 0 radical (unpaired) electrons. The lowest BCUT2D eigenvalue weighted by Gasteiger charge is -2.35. The Bertz CT molecular complexity index is 380. The number of pyridine rings is 1. The normalized spacial score (nSPS) is 28.9. The molecule has 80 valence electrons. The third-order valence-electron chi connectivity index (χ3n) is 3.62. The second kappa shape index (κ2) is 3.20. The molecule has 3 rings (SSSR count). The maximum Gasteiger partial charge on any atom is 0.129 e. The number of aryl methyl sites for hydroxylation is 2. The zero-order chi connectivity index (χ0) is 10.3. The standard InChI is InChI=1S/C12H17N3/c1-9-2-3-10-4-5-12(6-7-13-8-12)15-11(10)14-9/h2-3,13H,4-8H2,1H3,(H,14,15). The van der Waals surface area contributed by atoms with E-state index in [1.165, 1.54) is 18.4 Å². The zero-order valence-electron chi connectivity index (χ0n) is 9.14. The number of hydrogen-bond acceptors (Lipinski definition) is 3. The molecule has 0 amide bonds. The van der Waals surface area contributed by atoms with Crippen LogP contribution in [0.2, 0.25) is 0 Å². The maximum atomic E-state index is 4.59. The van der Waals surface area contributed by atoms with Crippen molar-refractivity contribution < 1.29 is 0 Å². The largest absolute Gasteiger partial charge is 0.363 e. The van der Waals surface area contributed by atoms with E-state index in [-0.39, 0.29) is 5.54 Å². The van der Waals surface area contributed by atoms with Crippen molar-refractivity contribution in [3.63, 3.8) is 0 Å². The van der Waals surface area contributed by atoms with E-state index in [1.807, 2.05) is 0 Å². The molecule has 1 unspecified atom stereocenters. The molecule has 1 saturated heterocycles. The van der Waals surface area contributed by atoms with Crippen LogP contribution in [0.15, 0.2) is 12.1 Å². The van der Waals surface area contributed by atoms with E-state index in [2.05, 4.69) is 34.7 Å². The highest BCUT2D eigenvalue weighted by molar-refractivity contribution is 5.50. The molecule has 0 saturated carbocycles. The molecule has 1 atom stereocenters. The predicted octanol–water partition coefficient (Wildman–Crippen LogP) is 1.48. The highest BCUT2D eigenvalue weighted by Gasteiger charge is 2.36. The molecule has 3 heterocycles. The second-order valence-electron chi connectivity index (χ2n) is 4.79. The van der Waals surface area contributed by atoms with E-state index in [1.54, 1.807) is 0 Å². The molecule has 3 nitrogen and oxygen atoms in total. The Morgan fingerprint density at radius 1 is 1.33 bits per heavy atom. The molecule has 2 N–H and O–H groups in total. The van der Waals surface area contributed by atoms with Gasteiger partial charge in [0.05, 0.1) is 5.54 Å². The highest BCUT2D eigenvalue weighted by Crippen LogP contribution is 2.33. The topological polar surface area (TPSA) is 37.0 Å². The van der Waals surface area contributed by atoms with Crippen molar-refractivity contribution in [3.8, 4) is 0 Å². The summed E-state index contributed by atoms with van der Waals surface area (Å²) in [5.41, 5.74) is 2.76. The first-order valence-corrected chi connectivity index (χ1v) is 5.73. The third-order valence-corrected chi connectivity index (χ3v) is 3.62. The molecular formula is C12H17N3. The van der Waals surface area contributed by atoms with Crippen LogP contribution >= 0.6 is 0 Å². The van der Waals surface area contributed by atoms with Gasteiger partial charge in [-0.15, -0.1) is 0 Å². The van der Waals surface area contributed by atoms with Crippen molar-refractivity contribution in [2.24, 2.45) is 0 Å². The fraction of sp³-hybridized carbons (Fsp3) is 0.583. The van der Waals surface area contributed by atoms with Crippen LogP contribution in [0.1, 0.15) is 24.1 Å². The molecule has 0 bridgehead atoms. The summed E-state index contributed by atoms with van der Waals surface area (Å²) in [6.07, 6.45) is 3.62. The lowest BCUT2D eigenvalue weighted by Crippen LogP contribution is -2.44. The summed E-state index contributed by atoms with van der Waals surface area (Å²) >= 11 is 0. The maximum absolute atomic E-state index is 4.59. The van der Waals surface area contributed by atoms with Crippen molar-refractivity contribution in [1.29, 1.82) is 0 Å². The van der Waals surface area contributed by atoms with Crippen LogP contribution in [0.4, 0.5) is 5.82 Å². The lowest BCUT2D eigenvalue weighted by atomic mass is 9.87. The van der Waals surface area contributed by atoms with Crippen LogP contribution in [0.25, 0.3) is 0 Å². The number of rotatable bonds is 0. The Kier molecular flexibility index (Phi) is 1.96. The van der Waals surface area contributed by atoms with Gasteiger partial charge in [0.2, 0.25) is 0 Å². The Labute approximate surface area is 90.3 Å². The molecular weight excluding hydrogens is 186 g/mol. The number of anilines is 1. The summed E-state index contributed by atoms with van der Waals surface area (Å²) in [6, 6.07) is 4.31. The van der Waals surface area contributed by atoms with Crippen LogP contribution in [0, 0.1) is 6.92 Å². The quantitative estimate of drug-likeness (QED) is 0.670. The van der Waals surface area contributed by atoms with Gasteiger partial charge in [0.25, 0.3) is 0 Å². The molecule has 2 aliphatic rings. The van der Waals surface area contributed by atoms with E-state index < -0.39 is 0 Å². The zero-order valence-corrected chi connectivity index (χ0v) is 9.14. The summed E-state index contributed by atoms with van der Waals surface area (Å²) in [5.74, 6) is 1.12. The van der Waals surface area contributed by atoms with Crippen molar-refractivity contribution in [2.45, 2.75) is 31.7 Å². The van der Waals surface area contributed by atoms with Crippen molar-refractivity contribution in [2.75, 3.05) is 18.4 Å². The van der Waals surface area contributed by atoms with Gasteiger partial charge in [-0.2, -0.15) is 0 Å². The van der Waals surface area contributed by atoms with Gasteiger partial charge < -0.3 is 10.6 Å². The van der Waals surface area contributed by atoms with Gasteiger partial charge >= 0.3 is 0 Å². The number of nitrogens with one attached hydrogen (secondary N) is 2. The van der Waals surface area contributed by atoms with Crippen molar-refractivity contribution in [1.82, 2.24) is 10.3 Å². The molecule has 1 aromatic rings. The van der Waals surface area contributed by atoms with E-state index in [0.717, 1.165) is 31.0 Å². The van der Waals surface area contributed by atoms with Gasteiger partial charge in [-0.25, -0.2) is 4.98 Å². The minimum absolute atomic E-state index is 0.286. The van der Waals surface area contributed by atoms with Gasteiger partial charge in [-0.3, -0.25) is 0 Å². The highest BCUT2D eigenvalue weighted by atomic mass is 15.1. The Hall–Kier alpha value is -1.09. The van der Waals surface area contributed by atoms with Crippen LogP contribution in [0.3, 0.4) is 0 Å². The van der Waals surface area contributed by atoms with Gasteiger partial charge in [-0.1, -0.05) is 6.07 Å². The van der Waals surface area contributed by atoms with Gasteiger partial charge in [0.15, 0.2) is 0 Å². The van der Waals surface area contributed by atoms with Gasteiger partial charge in [-0.05, 0) is 44.4 Å². The fourth-order valence-corrected chi connectivity index (χ4v) is 2.65. The van der Waals surface area contributed by atoms with Crippen LogP contribution in [-0.4, -0.2) is 23.6 Å². The van der Waals surface area contributed by atoms with E-state index in [0.29, 0.717) is 0 Å². The molecule has 1 spiro atoms. The average Bonchev–Trinajstić information content (AvgIpc) is 2.66. The lowest BCUT2D eigenvalue weighted by molar-refractivity contribution is 0.454. The Morgan fingerprint density at radius 2 is 2.27 bits per heavy atom. The molecule has 1 fully saturated rings. The summed E-state index contributed by atoms with van der Waals surface area (Å²) < 4.78 is 0. The number of nitrogens with zero attached hydrogens (tertiary/aromatic N) is 1. The van der Waals surface area contributed by atoms with E-state index in [4.69, 9.17) is 0 Å². The third kappa shape index (κ3) is 1.51. The van der Waals surface area contributed by atoms with Crippen LogP contribution < -0.4 is 10.6 Å². The molecule has 0 aromatic carbocycles. The first-order valence-electron chi connectivity index (χ1n) is 5.73. The van der Waals surface area contributed by atoms with Crippen molar-refractivity contribution in [3.05, 3.63) is 23.4 Å². The van der Waals surface area contributed by atoms with Crippen LogP contribution in [-0.2, 0) is 6.42 Å². The summed E-state index contributed by atoms with van der Waals surface area (Å²) in [6.45, 7) is 4.27. The SMILES string of the molecule is Cc1ccc2c(n1)NC1(CCNC1)CC2. The van der Waals surface area contributed by atoms with Crippen LogP contribution in [0.5, 0.6) is 0 Å². The average molecular weight is 203 g/mol. The molecule has 2 aliphatic heterocycles. The summed E-state index contributed by atoms with van der Waals surface area (Å²) in [7, 11) is 0. The smallest absolute Gasteiger partial charge is 0.129 e. The number of aromatic nitrogens is 1. The summed E-state index contributed by atoms with van der Waals surface area (Å²) in [4.78, 5) is 4.59. The molecule has 15 heavy (non-hydrogen) atoms. The van der Waals surface area contributed by atoms with Gasteiger partial charge in [0, 0.05) is 12.2 Å². The minimum atomic E-state index is 0.286. The predicted molar refractivity (Wildman–Crippen MR) is 61.1 cm³/mol. The Balaban J connectivity index is 1.94. The van der Waals surface area contributed by atoms with E-state index >= 15 is 0 Å².